The molecule has 0 aliphatic heterocycles. The highest BCUT2D eigenvalue weighted by molar-refractivity contribution is 5.79. The molecule has 1 unspecified atom stereocenters. The van der Waals surface area contributed by atoms with Crippen molar-refractivity contribution in [2.75, 3.05) is 0 Å². The highest BCUT2D eigenvalue weighted by atomic mass is 19.1. The smallest absolute Gasteiger partial charge is 0.325 e. The van der Waals surface area contributed by atoms with E-state index in [1.54, 1.807) is 0 Å². The molecule has 1 aromatic heterocycles. The number of nitrogens with zero attached hydrogens (tertiary/aromatic N) is 1. The van der Waals surface area contributed by atoms with E-state index in [-0.39, 0.29) is 5.82 Å². The molecule has 88 valence electrons. The number of halogens is 1. The largest absolute Gasteiger partial charge is 0.480 e. The van der Waals surface area contributed by atoms with Crippen molar-refractivity contribution in [2.24, 2.45) is 5.73 Å². The molecule has 2 aromatic rings. The van der Waals surface area contributed by atoms with E-state index >= 15 is 0 Å². The van der Waals surface area contributed by atoms with Crippen LogP contribution in [-0.4, -0.2) is 21.3 Å². The summed E-state index contributed by atoms with van der Waals surface area (Å²) in [5.74, 6) is -1.51. The monoisotopic (exact) mass is 235 g/mol. The highest BCUT2D eigenvalue weighted by Crippen LogP contribution is 2.25. The molecule has 4 N–H and O–H groups in total. The molecule has 0 radical (unpaired) electrons. The van der Waals surface area contributed by atoms with Crippen LogP contribution in [0.25, 0.3) is 11.3 Å². The number of carboxylic acids is 1. The summed E-state index contributed by atoms with van der Waals surface area (Å²) in [4.78, 5) is 10.8. The van der Waals surface area contributed by atoms with Gasteiger partial charge in [0.2, 0.25) is 0 Å². The predicted octanol–water partition coefficient (Wildman–Crippen LogP) is 1.30. The Kier molecular flexibility index (Phi) is 2.88. The first-order valence-electron chi connectivity index (χ1n) is 4.87. The maximum Gasteiger partial charge on any atom is 0.325 e. The van der Waals surface area contributed by atoms with Crippen molar-refractivity contribution < 1.29 is 14.3 Å². The maximum absolute atomic E-state index is 12.8. The standard InChI is InChI=1S/C11H10FN3O2/c12-7-3-1-6(2-4-7)10-8(5-14-15-10)9(13)11(16)17/h1-5,9H,13H2,(H,14,15)(H,16,17). The first kappa shape index (κ1) is 11.3. The van der Waals surface area contributed by atoms with Crippen molar-refractivity contribution in [3.05, 3.63) is 41.8 Å². The molecular weight excluding hydrogens is 225 g/mol. The van der Waals surface area contributed by atoms with Gasteiger partial charge in [-0.1, -0.05) is 0 Å². The number of carbonyl (C=O) groups is 1. The number of aromatic amines is 1. The van der Waals surface area contributed by atoms with E-state index in [0.717, 1.165) is 0 Å². The van der Waals surface area contributed by atoms with E-state index in [1.807, 2.05) is 0 Å². The van der Waals surface area contributed by atoms with Crippen LogP contribution >= 0.6 is 0 Å². The molecule has 17 heavy (non-hydrogen) atoms. The number of hydrogen-bond acceptors (Lipinski definition) is 3. The van der Waals surface area contributed by atoms with Crippen LogP contribution in [0.1, 0.15) is 11.6 Å². The second kappa shape index (κ2) is 4.34. The van der Waals surface area contributed by atoms with Crippen molar-refractivity contribution >= 4 is 5.97 Å². The third-order valence-electron chi connectivity index (χ3n) is 2.40. The summed E-state index contributed by atoms with van der Waals surface area (Å²) in [6.07, 6.45) is 1.36. The lowest BCUT2D eigenvalue weighted by Gasteiger charge is -2.07. The Morgan fingerprint density at radius 3 is 2.65 bits per heavy atom. The zero-order valence-electron chi connectivity index (χ0n) is 8.72. The Balaban J connectivity index is 2.43. The van der Waals surface area contributed by atoms with Crippen LogP contribution in [0.4, 0.5) is 4.39 Å². The zero-order chi connectivity index (χ0) is 12.4. The van der Waals surface area contributed by atoms with Crippen molar-refractivity contribution in [1.82, 2.24) is 10.2 Å². The third kappa shape index (κ3) is 2.16. The van der Waals surface area contributed by atoms with Crippen LogP contribution < -0.4 is 5.73 Å². The number of carboxylic acid groups (broad SMARTS) is 1. The summed E-state index contributed by atoms with van der Waals surface area (Å²) < 4.78 is 12.8. The minimum absolute atomic E-state index is 0.364. The molecular formula is C11H10FN3O2. The number of nitrogens with one attached hydrogen (secondary N) is 1. The lowest BCUT2D eigenvalue weighted by atomic mass is 10.0. The fraction of sp³-hybridized carbons (Fsp3) is 0.0909. The van der Waals surface area contributed by atoms with Crippen LogP contribution in [0.3, 0.4) is 0 Å². The number of hydrogen-bond donors (Lipinski definition) is 3. The summed E-state index contributed by atoms with van der Waals surface area (Å²) in [6, 6.07) is 4.47. The van der Waals surface area contributed by atoms with Crippen LogP contribution in [0.5, 0.6) is 0 Å². The zero-order valence-corrected chi connectivity index (χ0v) is 8.72. The average Bonchev–Trinajstić information content (AvgIpc) is 2.77. The van der Waals surface area contributed by atoms with Gasteiger partial charge in [-0.25, -0.2) is 4.39 Å². The minimum Gasteiger partial charge on any atom is -0.480 e. The van der Waals surface area contributed by atoms with Gasteiger partial charge < -0.3 is 10.8 Å². The van der Waals surface area contributed by atoms with Gasteiger partial charge in [-0.15, -0.1) is 0 Å². The summed E-state index contributed by atoms with van der Waals surface area (Å²) >= 11 is 0. The fourth-order valence-corrected chi connectivity index (χ4v) is 1.51. The molecule has 6 heteroatoms. The Labute approximate surface area is 96.1 Å². The van der Waals surface area contributed by atoms with Gasteiger partial charge in [0.05, 0.1) is 11.9 Å². The molecule has 0 amide bonds. The van der Waals surface area contributed by atoms with E-state index in [1.165, 1.54) is 30.5 Å². The van der Waals surface area contributed by atoms with Crippen LogP contribution in [0.15, 0.2) is 30.5 Å². The lowest BCUT2D eigenvalue weighted by molar-refractivity contribution is -0.138. The first-order valence-corrected chi connectivity index (χ1v) is 4.87. The van der Waals surface area contributed by atoms with E-state index < -0.39 is 12.0 Å². The number of benzene rings is 1. The topological polar surface area (TPSA) is 92.0 Å². The quantitative estimate of drug-likeness (QED) is 0.747. The van der Waals surface area contributed by atoms with Crippen molar-refractivity contribution in [2.45, 2.75) is 6.04 Å². The molecule has 0 saturated heterocycles. The molecule has 5 nitrogen and oxygen atoms in total. The minimum atomic E-state index is -1.16. The molecule has 0 saturated carbocycles. The van der Waals surface area contributed by atoms with E-state index in [0.29, 0.717) is 16.8 Å². The Hall–Kier alpha value is -2.21. The number of rotatable bonds is 3. The van der Waals surface area contributed by atoms with Gasteiger partial charge in [-0.3, -0.25) is 9.89 Å². The normalized spacial score (nSPS) is 12.4. The molecule has 0 spiro atoms. The van der Waals surface area contributed by atoms with Crippen molar-refractivity contribution in [3.63, 3.8) is 0 Å². The summed E-state index contributed by atoms with van der Waals surface area (Å²) in [5, 5.41) is 15.3. The molecule has 1 atom stereocenters. The third-order valence-corrected chi connectivity index (χ3v) is 2.40. The van der Waals surface area contributed by atoms with Crippen molar-refractivity contribution in [1.29, 1.82) is 0 Å². The van der Waals surface area contributed by atoms with Gasteiger partial charge in [-0.05, 0) is 24.3 Å². The molecule has 1 aromatic carbocycles. The van der Waals surface area contributed by atoms with Gasteiger partial charge in [0.25, 0.3) is 0 Å². The molecule has 0 aliphatic rings. The van der Waals surface area contributed by atoms with Gasteiger partial charge in [0.15, 0.2) is 0 Å². The van der Waals surface area contributed by atoms with Crippen molar-refractivity contribution in [3.8, 4) is 11.3 Å². The number of aliphatic carboxylic acids is 1. The Bertz CT molecular complexity index is 536. The summed E-state index contributed by atoms with van der Waals surface area (Å²) in [5.41, 5.74) is 7.00. The second-order valence-electron chi connectivity index (χ2n) is 3.52. The molecule has 0 aliphatic carbocycles. The number of H-pyrrole nitrogens is 1. The molecule has 0 fully saturated rings. The predicted molar refractivity (Wildman–Crippen MR) is 58.5 cm³/mol. The van der Waals surface area contributed by atoms with Crippen LogP contribution in [-0.2, 0) is 4.79 Å². The maximum atomic E-state index is 12.8. The second-order valence-corrected chi connectivity index (χ2v) is 3.52. The van der Waals surface area contributed by atoms with E-state index in [4.69, 9.17) is 10.8 Å². The lowest BCUT2D eigenvalue weighted by Crippen LogP contribution is -2.20. The number of nitrogens with two attached hydrogens (primary N) is 1. The fourth-order valence-electron chi connectivity index (χ4n) is 1.51. The van der Waals surface area contributed by atoms with E-state index in [2.05, 4.69) is 10.2 Å². The number of aromatic nitrogens is 2. The van der Waals surface area contributed by atoms with Gasteiger partial charge in [-0.2, -0.15) is 5.10 Å². The van der Waals surface area contributed by atoms with Gasteiger partial charge >= 0.3 is 5.97 Å². The van der Waals surface area contributed by atoms with Crippen LogP contribution in [0, 0.1) is 5.82 Å². The van der Waals surface area contributed by atoms with Gasteiger partial charge in [0, 0.05) is 11.1 Å². The Morgan fingerprint density at radius 1 is 1.41 bits per heavy atom. The van der Waals surface area contributed by atoms with E-state index in [9.17, 15) is 9.18 Å². The molecule has 0 bridgehead atoms. The first-order chi connectivity index (χ1) is 8.09. The highest BCUT2D eigenvalue weighted by Gasteiger charge is 2.20. The SMILES string of the molecule is NC(C(=O)O)c1cn[nH]c1-c1ccc(F)cc1. The average molecular weight is 235 g/mol. The van der Waals surface area contributed by atoms with Crippen LogP contribution in [0.2, 0.25) is 0 Å². The van der Waals surface area contributed by atoms with Gasteiger partial charge in [0.1, 0.15) is 11.9 Å². The molecule has 2 rings (SSSR count). The molecule has 1 heterocycles. The Morgan fingerprint density at radius 2 is 2.06 bits per heavy atom. The summed E-state index contributed by atoms with van der Waals surface area (Å²) in [7, 11) is 0. The summed E-state index contributed by atoms with van der Waals surface area (Å²) in [6.45, 7) is 0.